The average Bonchev–Trinajstić information content (AvgIpc) is 3.85. The fourth-order valence-corrected chi connectivity index (χ4v) is 4.59. The van der Waals surface area contributed by atoms with Crippen LogP contribution < -0.4 is 35.5 Å². The number of rotatable bonds is 9. The van der Waals surface area contributed by atoms with Crippen LogP contribution in [0.15, 0.2) is 76.4 Å². The number of nitrogens with one attached hydrogen (secondary N) is 1. The Kier molecular flexibility index (Phi) is 7.86. The number of pyridine rings is 1. The van der Waals surface area contributed by atoms with Gasteiger partial charge in [0.15, 0.2) is 23.1 Å². The molecule has 1 fully saturated rings. The predicted molar refractivity (Wildman–Crippen MR) is 158 cm³/mol. The van der Waals surface area contributed by atoms with E-state index in [2.05, 4.69) is 15.4 Å². The van der Waals surface area contributed by atoms with E-state index in [1.54, 1.807) is 18.2 Å². The molecule has 1 aliphatic rings. The number of aromatic nitrogens is 4. The summed E-state index contributed by atoms with van der Waals surface area (Å²) in [4.78, 5) is 43.3. The van der Waals surface area contributed by atoms with Gasteiger partial charge in [-0.15, -0.1) is 5.10 Å². The van der Waals surface area contributed by atoms with Crippen molar-refractivity contribution in [3.8, 4) is 34.6 Å². The van der Waals surface area contributed by atoms with Crippen molar-refractivity contribution in [1.29, 1.82) is 0 Å². The molecular weight excluding hydrogens is 592 g/mol. The van der Waals surface area contributed by atoms with E-state index in [4.69, 9.17) is 18.9 Å². The summed E-state index contributed by atoms with van der Waals surface area (Å²) in [5, 5.41) is 6.84. The number of benzene rings is 3. The number of methoxy groups -OCH3 is 2. The molecule has 6 rings (SSSR count). The van der Waals surface area contributed by atoms with Gasteiger partial charge in [0, 0.05) is 35.9 Å². The smallest absolute Gasteiger partial charge is 0.418 e. The number of carbonyl (C=O) groups is 1. The van der Waals surface area contributed by atoms with Crippen LogP contribution >= 0.6 is 0 Å². The molecule has 0 aliphatic heterocycles. The van der Waals surface area contributed by atoms with Crippen molar-refractivity contribution >= 4 is 22.7 Å². The number of fused-ring (bicyclic) bond motifs is 1. The predicted octanol–water partition coefficient (Wildman–Crippen LogP) is 5.05. The lowest BCUT2D eigenvalue weighted by molar-refractivity contribution is 0.210. The van der Waals surface area contributed by atoms with Gasteiger partial charge in [0.1, 0.15) is 11.6 Å². The van der Waals surface area contributed by atoms with Gasteiger partial charge < -0.3 is 18.9 Å². The summed E-state index contributed by atoms with van der Waals surface area (Å²) in [6.45, 7) is 0.206. The van der Waals surface area contributed by atoms with Crippen LogP contribution in [0.5, 0.6) is 28.9 Å². The van der Waals surface area contributed by atoms with Gasteiger partial charge in [0.05, 0.1) is 25.4 Å². The highest BCUT2D eigenvalue weighted by Gasteiger charge is 2.26. The Morgan fingerprint density at radius 3 is 2.36 bits per heavy atom. The first-order valence-corrected chi connectivity index (χ1v) is 13.7. The van der Waals surface area contributed by atoms with Crippen LogP contribution in [0.25, 0.3) is 16.6 Å². The highest BCUT2D eigenvalue weighted by molar-refractivity contribution is 5.88. The second-order valence-corrected chi connectivity index (χ2v) is 10.1. The Morgan fingerprint density at radius 1 is 0.933 bits per heavy atom. The van der Waals surface area contributed by atoms with Crippen LogP contribution in [0.4, 0.5) is 19.3 Å². The zero-order valence-corrected chi connectivity index (χ0v) is 24.0. The van der Waals surface area contributed by atoms with Crippen LogP contribution in [-0.2, 0) is 6.54 Å². The van der Waals surface area contributed by atoms with Crippen LogP contribution in [0.2, 0.25) is 0 Å². The topological polar surface area (TPSA) is 136 Å². The highest BCUT2D eigenvalue weighted by atomic mass is 19.1. The van der Waals surface area contributed by atoms with Gasteiger partial charge >= 0.3 is 23.2 Å². The van der Waals surface area contributed by atoms with E-state index >= 15 is 4.39 Å². The molecule has 0 spiro atoms. The molecule has 1 N–H and O–H groups in total. The summed E-state index contributed by atoms with van der Waals surface area (Å²) in [5.41, 5.74) is -1.20. The first kappa shape index (κ1) is 29.3. The molecule has 5 aromatic rings. The fraction of sp³-hybridized carbons (Fsp3) is 0.194. The molecule has 45 heavy (non-hydrogen) atoms. The summed E-state index contributed by atoms with van der Waals surface area (Å²) >= 11 is 0. The largest absolute Gasteiger partial charge is 0.493 e. The van der Waals surface area contributed by atoms with E-state index in [1.165, 1.54) is 44.7 Å². The SMILES string of the molecule is COc1cc2nccc(Oc3ccc(NC(=O)Oc4nn(CC5CC5)c(=O)n(-c5ccc(F)cc5)c4=O)cc3F)c2cc1OC. The lowest BCUT2D eigenvalue weighted by Crippen LogP contribution is -2.42. The third-order valence-electron chi connectivity index (χ3n) is 7.02. The Balaban J connectivity index is 1.23. The second-order valence-electron chi connectivity index (χ2n) is 10.1. The molecule has 2 heterocycles. The molecule has 14 heteroatoms. The van der Waals surface area contributed by atoms with E-state index in [0.717, 1.165) is 40.3 Å². The number of ether oxygens (including phenoxy) is 4. The van der Waals surface area contributed by atoms with Gasteiger partial charge in [-0.25, -0.2) is 27.6 Å². The lowest BCUT2D eigenvalue weighted by Gasteiger charge is -2.13. The third kappa shape index (κ3) is 6.16. The summed E-state index contributed by atoms with van der Waals surface area (Å²) < 4.78 is 52.1. The van der Waals surface area contributed by atoms with Crippen LogP contribution in [-0.4, -0.2) is 39.6 Å². The average molecular weight is 618 g/mol. The zero-order chi connectivity index (χ0) is 31.7. The molecule has 2 aromatic heterocycles. The van der Waals surface area contributed by atoms with Gasteiger partial charge in [0.25, 0.3) is 0 Å². The summed E-state index contributed by atoms with van der Waals surface area (Å²) in [6.07, 6.45) is 2.10. The summed E-state index contributed by atoms with van der Waals surface area (Å²) in [6, 6.07) is 13.2. The standard InChI is InChI=1S/C31H25F2N5O7/c1-42-26-14-21-23(15-27(26)43-2)34-12-11-24(21)44-25-10-7-19(13-22(25)33)35-30(40)45-28-29(39)38(20-8-5-18(32)6-9-20)31(41)37(36-28)16-17-3-4-17/h5-15,17H,3-4,16H2,1-2H3,(H,35,40). The van der Waals surface area contributed by atoms with Gasteiger partial charge in [-0.05, 0) is 67.3 Å². The molecule has 0 bridgehead atoms. The van der Waals surface area contributed by atoms with Crippen LogP contribution in [0.3, 0.4) is 0 Å². The van der Waals surface area contributed by atoms with E-state index in [-0.39, 0.29) is 29.6 Å². The fourth-order valence-electron chi connectivity index (χ4n) is 4.59. The summed E-state index contributed by atoms with van der Waals surface area (Å²) in [7, 11) is 2.98. The Bertz CT molecular complexity index is 2040. The molecule has 12 nitrogen and oxygen atoms in total. The molecule has 1 aliphatic carbocycles. The second kappa shape index (κ2) is 12.1. The summed E-state index contributed by atoms with van der Waals surface area (Å²) in [5.74, 6) is -0.819. The van der Waals surface area contributed by atoms with Crippen molar-refractivity contribution in [1.82, 2.24) is 19.3 Å². The first-order valence-electron chi connectivity index (χ1n) is 13.7. The van der Waals surface area contributed by atoms with E-state index < -0.39 is 34.9 Å². The minimum Gasteiger partial charge on any atom is -0.493 e. The molecule has 3 aromatic carbocycles. The number of hydrogen-bond donors (Lipinski definition) is 1. The van der Waals surface area contributed by atoms with Crippen molar-refractivity contribution in [3.05, 3.63) is 99.3 Å². The molecule has 1 amide bonds. The van der Waals surface area contributed by atoms with Crippen molar-refractivity contribution in [2.24, 2.45) is 5.92 Å². The minimum absolute atomic E-state index is 0.0130. The maximum absolute atomic E-state index is 15.1. The first-order chi connectivity index (χ1) is 21.7. The normalized spacial score (nSPS) is 12.5. The number of carbonyl (C=O) groups excluding carboxylic acids is 1. The van der Waals surface area contributed by atoms with Crippen LogP contribution in [0, 0.1) is 17.6 Å². The number of amides is 1. The van der Waals surface area contributed by atoms with Crippen molar-refractivity contribution < 1.29 is 32.5 Å². The van der Waals surface area contributed by atoms with E-state index in [1.807, 2.05) is 0 Å². The lowest BCUT2D eigenvalue weighted by atomic mass is 10.2. The number of anilines is 1. The maximum atomic E-state index is 15.1. The maximum Gasteiger partial charge on any atom is 0.418 e. The molecule has 0 unspecified atom stereocenters. The molecule has 230 valence electrons. The van der Waals surface area contributed by atoms with Crippen molar-refractivity contribution in [2.75, 3.05) is 19.5 Å². The van der Waals surface area contributed by atoms with Crippen LogP contribution in [0.1, 0.15) is 12.8 Å². The van der Waals surface area contributed by atoms with Gasteiger partial charge in [-0.2, -0.15) is 0 Å². The minimum atomic E-state index is -1.16. The van der Waals surface area contributed by atoms with Gasteiger partial charge in [-0.1, -0.05) is 0 Å². The van der Waals surface area contributed by atoms with Crippen molar-refractivity contribution in [2.45, 2.75) is 19.4 Å². The number of hydrogen-bond acceptors (Lipinski definition) is 9. The van der Waals surface area contributed by atoms with Crippen molar-refractivity contribution in [3.63, 3.8) is 0 Å². The Morgan fingerprint density at radius 2 is 1.67 bits per heavy atom. The van der Waals surface area contributed by atoms with E-state index in [0.29, 0.717) is 28.2 Å². The Labute approximate surface area is 253 Å². The number of nitrogens with zero attached hydrogens (tertiary/aromatic N) is 4. The number of halogens is 2. The van der Waals surface area contributed by atoms with E-state index in [9.17, 15) is 18.8 Å². The highest BCUT2D eigenvalue weighted by Crippen LogP contribution is 2.37. The van der Waals surface area contributed by atoms with Gasteiger partial charge in [0.2, 0.25) is 0 Å². The molecule has 1 saturated carbocycles. The Hall–Kier alpha value is -5.79. The molecular formula is C31H25F2N5O7. The molecule has 0 atom stereocenters. The monoisotopic (exact) mass is 617 g/mol. The zero-order valence-electron chi connectivity index (χ0n) is 24.0. The molecule has 0 radical (unpaired) electrons. The van der Waals surface area contributed by atoms with Gasteiger partial charge in [-0.3, -0.25) is 15.1 Å². The quantitative estimate of drug-likeness (QED) is 0.241. The third-order valence-corrected chi connectivity index (χ3v) is 7.02. The molecule has 0 saturated heterocycles.